The Labute approximate surface area is 76.9 Å². The summed E-state index contributed by atoms with van der Waals surface area (Å²) in [7, 11) is 0. The molecule has 3 heteroatoms. The van der Waals surface area contributed by atoms with Gasteiger partial charge in [-0.1, -0.05) is 37.3 Å². The first-order chi connectivity index (χ1) is 6.24. The van der Waals surface area contributed by atoms with Crippen molar-refractivity contribution in [3.05, 3.63) is 52.2 Å². The predicted octanol–water partition coefficient (Wildman–Crippen LogP) is 2.71. The minimum atomic E-state index is -0.411. The van der Waals surface area contributed by atoms with Gasteiger partial charge in [-0.2, -0.15) is 0 Å². The summed E-state index contributed by atoms with van der Waals surface area (Å²) >= 11 is 0. The summed E-state index contributed by atoms with van der Waals surface area (Å²) < 4.78 is 0. The fourth-order valence-corrected chi connectivity index (χ4v) is 1.15. The second-order valence-corrected chi connectivity index (χ2v) is 2.66. The Morgan fingerprint density at radius 2 is 2.08 bits per heavy atom. The molecule has 0 radical (unpaired) electrons. The van der Waals surface area contributed by atoms with Gasteiger partial charge < -0.3 is 0 Å². The molecule has 0 aliphatic rings. The molecule has 0 spiro atoms. The fraction of sp³-hybridized carbons (Fsp3) is 0.200. The van der Waals surface area contributed by atoms with Crippen molar-refractivity contribution in [1.82, 2.24) is 0 Å². The zero-order valence-electron chi connectivity index (χ0n) is 7.43. The Kier molecular flexibility index (Phi) is 3.20. The maximum atomic E-state index is 10.3. The lowest BCUT2D eigenvalue weighted by Gasteiger charge is -1.99. The van der Waals surface area contributed by atoms with Gasteiger partial charge in [-0.25, -0.2) is 0 Å². The zero-order valence-corrected chi connectivity index (χ0v) is 7.43. The van der Waals surface area contributed by atoms with Crippen molar-refractivity contribution < 1.29 is 4.92 Å². The molecule has 0 atom stereocenters. The third kappa shape index (κ3) is 2.71. The van der Waals surface area contributed by atoms with E-state index in [1.54, 1.807) is 0 Å². The van der Waals surface area contributed by atoms with Gasteiger partial charge in [-0.3, -0.25) is 10.1 Å². The summed E-state index contributed by atoms with van der Waals surface area (Å²) in [6.07, 6.45) is 1.74. The van der Waals surface area contributed by atoms with E-state index in [-0.39, 0.29) is 0 Å². The second-order valence-electron chi connectivity index (χ2n) is 2.66. The molecule has 0 aliphatic heterocycles. The molecular weight excluding hydrogens is 166 g/mol. The Bertz CT molecular complexity index is 317. The molecular formula is C10H11NO2. The van der Waals surface area contributed by atoms with E-state index in [1.165, 1.54) is 0 Å². The fourth-order valence-electron chi connectivity index (χ4n) is 1.15. The van der Waals surface area contributed by atoms with E-state index in [0.717, 1.165) is 17.3 Å². The summed E-state index contributed by atoms with van der Waals surface area (Å²) in [5.41, 5.74) is 1.67. The minimum absolute atomic E-state index is 0.411. The van der Waals surface area contributed by atoms with Crippen LogP contribution in [0, 0.1) is 10.1 Å². The van der Waals surface area contributed by atoms with Crippen LogP contribution in [0.3, 0.4) is 0 Å². The van der Waals surface area contributed by atoms with E-state index in [2.05, 4.69) is 0 Å². The maximum absolute atomic E-state index is 10.3. The number of allylic oxidation sites excluding steroid dienone is 1. The minimum Gasteiger partial charge on any atom is -0.259 e. The van der Waals surface area contributed by atoms with Crippen LogP contribution < -0.4 is 0 Å². The van der Waals surface area contributed by atoms with Crippen molar-refractivity contribution in [2.45, 2.75) is 13.3 Å². The van der Waals surface area contributed by atoms with E-state index in [4.69, 9.17) is 0 Å². The molecule has 0 unspecified atom stereocenters. The van der Waals surface area contributed by atoms with E-state index < -0.39 is 4.92 Å². The normalized spacial score (nSPS) is 11.3. The molecule has 0 fully saturated rings. The number of hydrogen-bond acceptors (Lipinski definition) is 2. The predicted molar refractivity (Wildman–Crippen MR) is 51.7 cm³/mol. The van der Waals surface area contributed by atoms with Crippen molar-refractivity contribution in [3.63, 3.8) is 0 Å². The van der Waals surface area contributed by atoms with Gasteiger partial charge in [0.15, 0.2) is 0 Å². The van der Waals surface area contributed by atoms with Gasteiger partial charge in [0, 0.05) is 5.57 Å². The molecule has 0 amide bonds. The smallest absolute Gasteiger partial charge is 0.238 e. The lowest BCUT2D eigenvalue weighted by atomic mass is 10.1. The molecule has 68 valence electrons. The first-order valence-electron chi connectivity index (χ1n) is 4.13. The molecule has 0 aliphatic carbocycles. The molecule has 1 rings (SSSR count). The lowest BCUT2D eigenvalue weighted by molar-refractivity contribution is -0.401. The highest BCUT2D eigenvalue weighted by atomic mass is 16.6. The quantitative estimate of drug-likeness (QED) is 0.526. The van der Waals surface area contributed by atoms with Crippen molar-refractivity contribution in [2.75, 3.05) is 0 Å². The van der Waals surface area contributed by atoms with Gasteiger partial charge in [0.05, 0.1) is 4.92 Å². The standard InChI is InChI=1S/C10H11NO2/c1-2-9(8-11(12)13)10-6-4-3-5-7-10/h3-8H,2H2,1H3/b9-8-. The molecule has 1 aromatic carbocycles. The van der Waals surface area contributed by atoms with E-state index >= 15 is 0 Å². The highest BCUT2D eigenvalue weighted by Gasteiger charge is 2.02. The Morgan fingerprint density at radius 3 is 2.54 bits per heavy atom. The largest absolute Gasteiger partial charge is 0.259 e. The van der Waals surface area contributed by atoms with Gasteiger partial charge in [0.2, 0.25) is 6.20 Å². The van der Waals surface area contributed by atoms with Crippen LogP contribution >= 0.6 is 0 Å². The number of nitrogens with zero attached hydrogens (tertiary/aromatic N) is 1. The third-order valence-electron chi connectivity index (χ3n) is 1.79. The highest BCUT2D eigenvalue weighted by Crippen LogP contribution is 2.16. The number of benzene rings is 1. The van der Waals surface area contributed by atoms with Crippen LogP contribution in [-0.2, 0) is 0 Å². The van der Waals surface area contributed by atoms with Crippen LogP contribution in [0.15, 0.2) is 36.5 Å². The summed E-state index contributed by atoms with van der Waals surface area (Å²) in [5, 5.41) is 10.3. The summed E-state index contributed by atoms with van der Waals surface area (Å²) in [4.78, 5) is 9.86. The van der Waals surface area contributed by atoms with Crippen LogP contribution in [0.25, 0.3) is 5.57 Å². The van der Waals surface area contributed by atoms with Gasteiger partial charge in [0.1, 0.15) is 0 Å². The van der Waals surface area contributed by atoms with Crippen LogP contribution in [0.5, 0.6) is 0 Å². The Hall–Kier alpha value is -1.64. The molecule has 13 heavy (non-hydrogen) atoms. The van der Waals surface area contributed by atoms with Crippen LogP contribution in [0.1, 0.15) is 18.9 Å². The monoisotopic (exact) mass is 177 g/mol. The van der Waals surface area contributed by atoms with E-state index in [9.17, 15) is 10.1 Å². The summed E-state index contributed by atoms with van der Waals surface area (Å²) in [6.45, 7) is 1.91. The topological polar surface area (TPSA) is 43.1 Å². The summed E-state index contributed by atoms with van der Waals surface area (Å²) in [6, 6.07) is 9.39. The van der Waals surface area contributed by atoms with Crippen molar-refractivity contribution in [2.24, 2.45) is 0 Å². The molecule has 0 saturated carbocycles. The zero-order chi connectivity index (χ0) is 9.68. The molecule has 0 bridgehead atoms. The van der Waals surface area contributed by atoms with Gasteiger partial charge in [-0.15, -0.1) is 0 Å². The molecule has 0 N–H and O–H groups in total. The van der Waals surface area contributed by atoms with Gasteiger partial charge >= 0.3 is 0 Å². The number of rotatable bonds is 3. The van der Waals surface area contributed by atoms with Gasteiger partial charge in [-0.05, 0) is 12.0 Å². The average Bonchev–Trinajstić information content (AvgIpc) is 2.15. The van der Waals surface area contributed by atoms with Crippen LogP contribution in [0.2, 0.25) is 0 Å². The Morgan fingerprint density at radius 1 is 1.46 bits per heavy atom. The highest BCUT2D eigenvalue weighted by molar-refractivity contribution is 5.63. The first kappa shape index (κ1) is 9.45. The van der Waals surface area contributed by atoms with E-state index in [1.807, 2.05) is 37.3 Å². The second kappa shape index (κ2) is 4.40. The lowest BCUT2D eigenvalue weighted by Crippen LogP contribution is -1.89. The van der Waals surface area contributed by atoms with Crippen molar-refractivity contribution in [1.29, 1.82) is 0 Å². The third-order valence-corrected chi connectivity index (χ3v) is 1.79. The molecule has 0 saturated heterocycles. The van der Waals surface area contributed by atoms with Crippen molar-refractivity contribution in [3.8, 4) is 0 Å². The SMILES string of the molecule is CC/C(=C/[N+](=O)[O-])c1ccccc1. The maximum Gasteiger partial charge on any atom is 0.238 e. The van der Waals surface area contributed by atoms with Crippen molar-refractivity contribution >= 4 is 5.57 Å². The van der Waals surface area contributed by atoms with E-state index in [0.29, 0.717) is 6.42 Å². The number of hydrogen-bond donors (Lipinski definition) is 0. The molecule has 0 aromatic heterocycles. The molecule has 3 nitrogen and oxygen atoms in total. The van der Waals surface area contributed by atoms with Crippen LogP contribution in [0.4, 0.5) is 0 Å². The average molecular weight is 177 g/mol. The summed E-state index contributed by atoms with van der Waals surface area (Å²) in [5.74, 6) is 0. The Balaban J connectivity index is 2.98. The first-order valence-corrected chi connectivity index (χ1v) is 4.13. The molecule has 0 heterocycles. The molecule has 1 aromatic rings. The van der Waals surface area contributed by atoms with Gasteiger partial charge in [0.25, 0.3) is 0 Å². The number of nitro groups is 1. The van der Waals surface area contributed by atoms with Crippen LogP contribution in [-0.4, -0.2) is 4.92 Å².